The highest BCUT2D eigenvalue weighted by molar-refractivity contribution is 5.23. The SMILES string of the molecule is CC/C=C(/C#N)C/C=C\C(C)N. The normalized spacial score (nSPS) is 14.7. The first kappa shape index (κ1) is 10.9. The maximum atomic E-state index is 8.64. The fraction of sp³-hybridized carbons (Fsp3) is 0.500. The van der Waals surface area contributed by atoms with E-state index in [4.69, 9.17) is 11.0 Å². The lowest BCUT2D eigenvalue weighted by atomic mass is 10.1. The van der Waals surface area contributed by atoms with E-state index in [-0.39, 0.29) is 6.04 Å². The van der Waals surface area contributed by atoms with Crippen LogP contribution in [0.3, 0.4) is 0 Å². The molecule has 2 N–H and O–H groups in total. The molecule has 0 aliphatic heterocycles. The van der Waals surface area contributed by atoms with E-state index in [2.05, 4.69) is 6.07 Å². The molecule has 0 rings (SSSR count). The number of hydrogen-bond acceptors (Lipinski definition) is 2. The van der Waals surface area contributed by atoms with Crippen LogP contribution in [-0.2, 0) is 0 Å². The molecule has 0 aromatic heterocycles. The Balaban J connectivity index is 3.91. The summed E-state index contributed by atoms with van der Waals surface area (Å²) in [5, 5.41) is 8.64. The first-order chi connectivity index (χ1) is 5.70. The molecule has 0 saturated carbocycles. The molecule has 12 heavy (non-hydrogen) atoms. The van der Waals surface area contributed by atoms with Crippen molar-refractivity contribution >= 4 is 0 Å². The van der Waals surface area contributed by atoms with Crippen LogP contribution in [0, 0.1) is 11.3 Å². The minimum absolute atomic E-state index is 0.0755. The maximum Gasteiger partial charge on any atom is 0.0947 e. The Morgan fingerprint density at radius 2 is 2.33 bits per heavy atom. The van der Waals surface area contributed by atoms with Gasteiger partial charge in [0, 0.05) is 18.0 Å². The van der Waals surface area contributed by atoms with Crippen LogP contribution >= 0.6 is 0 Å². The molecule has 1 atom stereocenters. The van der Waals surface area contributed by atoms with E-state index in [0.717, 1.165) is 12.0 Å². The molecule has 2 heteroatoms. The monoisotopic (exact) mass is 164 g/mol. The molecule has 0 aromatic carbocycles. The average molecular weight is 164 g/mol. The molecule has 0 bridgehead atoms. The summed E-state index contributed by atoms with van der Waals surface area (Å²) in [7, 11) is 0. The quantitative estimate of drug-likeness (QED) is 0.511. The summed E-state index contributed by atoms with van der Waals surface area (Å²) < 4.78 is 0. The molecule has 0 aliphatic rings. The van der Waals surface area contributed by atoms with Gasteiger partial charge in [-0.2, -0.15) is 5.26 Å². The van der Waals surface area contributed by atoms with E-state index in [1.165, 1.54) is 0 Å². The number of rotatable bonds is 4. The Kier molecular flexibility index (Phi) is 6.04. The molecule has 2 nitrogen and oxygen atoms in total. The molecule has 0 fully saturated rings. The highest BCUT2D eigenvalue weighted by Crippen LogP contribution is 2.02. The van der Waals surface area contributed by atoms with Crippen molar-refractivity contribution in [2.45, 2.75) is 32.7 Å². The second kappa shape index (κ2) is 6.63. The van der Waals surface area contributed by atoms with E-state index in [9.17, 15) is 0 Å². The summed E-state index contributed by atoms with van der Waals surface area (Å²) in [6.07, 6.45) is 7.39. The molecule has 1 unspecified atom stereocenters. The van der Waals surface area contributed by atoms with Gasteiger partial charge in [0.05, 0.1) is 6.07 Å². The number of nitriles is 1. The summed E-state index contributed by atoms with van der Waals surface area (Å²) in [5.74, 6) is 0. The molecular weight excluding hydrogens is 148 g/mol. The van der Waals surface area contributed by atoms with Crippen molar-refractivity contribution in [2.75, 3.05) is 0 Å². The van der Waals surface area contributed by atoms with E-state index in [1.54, 1.807) is 0 Å². The summed E-state index contributed by atoms with van der Waals surface area (Å²) in [4.78, 5) is 0. The van der Waals surface area contributed by atoms with Gasteiger partial charge < -0.3 is 5.73 Å². The standard InChI is InChI=1S/C10H16N2/c1-3-5-10(8-11)7-4-6-9(2)12/h4-6,9H,3,7,12H2,1-2H3/b6-4-,10-5+. The van der Waals surface area contributed by atoms with Crippen molar-refractivity contribution in [3.05, 3.63) is 23.8 Å². The van der Waals surface area contributed by atoms with E-state index >= 15 is 0 Å². The zero-order valence-corrected chi connectivity index (χ0v) is 7.75. The Labute approximate surface area is 74.4 Å². The zero-order chi connectivity index (χ0) is 9.40. The number of hydrogen-bond donors (Lipinski definition) is 1. The zero-order valence-electron chi connectivity index (χ0n) is 7.75. The topological polar surface area (TPSA) is 49.8 Å². The van der Waals surface area contributed by atoms with E-state index in [0.29, 0.717) is 6.42 Å². The van der Waals surface area contributed by atoms with Gasteiger partial charge in [0.15, 0.2) is 0 Å². The van der Waals surface area contributed by atoms with Gasteiger partial charge in [-0.25, -0.2) is 0 Å². The van der Waals surface area contributed by atoms with E-state index in [1.807, 2.05) is 32.1 Å². The summed E-state index contributed by atoms with van der Waals surface area (Å²) in [5.41, 5.74) is 6.32. The Morgan fingerprint density at radius 1 is 1.67 bits per heavy atom. The third kappa shape index (κ3) is 5.70. The molecule has 0 heterocycles. The lowest BCUT2D eigenvalue weighted by Crippen LogP contribution is -2.09. The van der Waals surface area contributed by atoms with Crippen LogP contribution in [0.2, 0.25) is 0 Å². The first-order valence-electron chi connectivity index (χ1n) is 4.22. The second-order valence-corrected chi connectivity index (χ2v) is 2.74. The van der Waals surface area contributed by atoms with Crippen LogP contribution in [0.1, 0.15) is 26.7 Å². The average Bonchev–Trinajstić information content (AvgIpc) is 2.02. The summed E-state index contributed by atoms with van der Waals surface area (Å²) >= 11 is 0. The molecule has 0 radical (unpaired) electrons. The van der Waals surface area contributed by atoms with Crippen molar-refractivity contribution in [3.8, 4) is 6.07 Å². The van der Waals surface area contributed by atoms with Crippen LogP contribution in [0.4, 0.5) is 0 Å². The van der Waals surface area contributed by atoms with Crippen LogP contribution in [0.5, 0.6) is 0 Å². The highest BCUT2D eigenvalue weighted by atomic mass is 14.6. The largest absolute Gasteiger partial charge is 0.325 e. The summed E-state index contributed by atoms with van der Waals surface area (Å²) in [6.45, 7) is 3.93. The van der Waals surface area contributed by atoms with Crippen molar-refractivity contribution in [2.24, 2.45) is 5.73 Å². The molecule has 0 saturated heterocycles. The Bertz CT molecular complexity index is 206. The fourth-order valence-corrected chi connectivity index (χ4v) is 0.831. The number of nitrogens with zero attached hydrogens (tertiary/aromatic N) is 1. The number of allylic oxidation sites excluding steroid dienone is 3. The predicted molar refractivity (Wildman–Crippen MR) is 51.4 cm³/mol. The molecule has 0 spiro atoms. The van der Waals surface area contributed by atoms with Crippen LogP contribution in [-0.4, -0.2) is 6.04 Å². The fourth-order valence-electron chi connectivity index (χ4n) is 0.831. The third-order valence-corrected chi connectivity index (χ3v) is 1.37. The van der Waals surface area contributed by atoms with Crippen molar-refractivity contribution in [3.63, 3.8) is 0 Å². The predicted octanol–water partition coefficient (Wildman–Crippen LogP) is 2.14. The van der Waals surface area contributed by atoms with Crippen LogP contribution in [0.15, 0.2) is 23.8 Å². The molecule has 0 aromatic rings. The van der Waals surface area contributed by atoms with Gasteiger partial charge >= 0.3 is 0 Å². The molecule has 0 aliphatic carbocycles. The van der Waals surface area contributed by atoms with Gasteiger partial charge in [0.25, 0.3) is 0 Å². The van der Waals surface area contributed by atoms with Crippen molar-refractivity contribution in [1.29, 1.82) is 5.26 Å². The Hall–Kier alpha value is -1.07. The maximum absolute atomic E-state index is 8.64. The minimum Gasteiger partial charge on any atom is -0.325 e. The minimum atomic E-state index is 0.0755. The van der Waals surface area contributed by atoms with Gasteiger partial charge in [-0.3, -0.25) is 0 Å². The smallest absolute Gasteiger partial charge is 0.0947 e. The van der Waals surface area contributed by atoms with Gasteiger partial charge in [0.1, 0.15) is 0 Å². The van der Waals surface area contributed by atoms with Gasteiger partial charge in [-0.05, 0) is 13.3 Å². The molecule has 0 amide bonds. The van der Waals surface area contributed by atoms with Gasteiger partial charge in [-0.1, -0.05) is 25.2 Å². The Morgan fingerprint density at radius 3 is 2.75 bits per heavy atom. The van der Waals surface area contributed by atoms with Crippen molar-refractivity contribution < 1.29 is 0 Å². The third-order valence-electron chi connectivity index (χ3n) is 1.37. The second-order valence-electron chi connectivity index (χ2n) is 2.74. The lowest BCUT2D eigenvalue weighted by molar-refractivity contribution is 0.920. The van der Waals surface area contributed by atoms with Crippen LogP contribution in [0.25, 0.3) is 0 Å². The van der Waals surface area contributed by atoms with Gasteiger partial charge in [-0.15, -0.1) is 0 Å². The first-order valence-corrected chi connectivity index (χ1v) is 4.22. The van der Waals surface area contributed by atoms with Crippen molar-refractivity contribution in [1.82, 2.24) is 0 Å². The lowest BCUT2D eigenvalue weighted by Gasteiger charge is -1.94. The molecule has 66 valence electrons. The van der Waals surface area contributed by atoms with Crippen LogP contribution < -0.4 is 5.73 Å². The van der Waals surface area contributed by atoms with Gasteiger partial charge in [0.2, 0.25) is 0 Å². The highest BCUT2D eigenvalue weighted by Gasteiger charge is 1.90. The van der Waals surface area contributed by atoms with E-state index < -0.39 is 0 Å². The summed E-state index contributed by atoms with van der Waals surface area (Å²) in [6, 6.07) is 2.22. The number of nitrogens with two attached hydrogens (primary N) is 1. The molecular formula is C10H16N2.